The number of hydrogen-bond acceptors (Lipinski definition) is 3. The van der Waals surface area contributed by atoms with Gasteiger partial charge in [-0.05, 0) is 17.7 Å². The third-order valence-electron chi connectivity index (χ3n) is 1.90. The second-order valence-corrected chi connectivity index (χ2v) is 3.14. The Labute approximate surface area is 90.1 Å². The first kappa shape index (κ1) is 12.8. The van der Waals surface area contributed by atoms with Crippen molar-refractivity contribution < 1.29 is 28.1 Å². The van der Waals surface area contributed by atoms with Crippen molar-refractivity contribution in [3.05, 3.63) is 29.8 Å². The molecule has 1 aromatic rings. The van der Waals surface area contributed by atoms with Gasteiger partial charge in [0.05, 0.1) is 6.10 Å². The number of alkyl halides is 3. The van der Waals surface area contributed by atoms with Crippen LogP contribution in [0.15, 0.2) is 24.3 Å². The monoisotopic (exact) mass is 236 g/mol. The number of hydrogen-bond donors (Lipinski definition) is 2. The van der Waals surface area contributed by atoms with Crippen molar-refractivity contribution in [2.75, 3.05) is 6.61 Å². The summed E-state index contributed by atoms with van der Waals surface area (Å²) in [5.41, 5.74) is 0.434. The van der Waals surface area contributed by atoms with E-state index in [1.165, 1.54) is 12.1 Å². The highest BCUT2D eigenvalue weighted by Crippen LogP contribution is 2.25. The second kappa shape index (κ2) is 5.18. The van der Waals surface area contributed by atoms with Gasteiger partial charge in [-0.15, -0.1) is 13.2 Å². The van der Waals surface area contributed by atoms with Crippen molar-refractivity contribution in [2.45, 2.75) is 18.9 Å². The number of halogens is 3. The maximum absolute atomic E-state index is 11.8. The zero-order valence-corrected chi connectivity index (χ0v) is 8.24. The highest BCUT2D eigenvalue weighted by Gasteiger charge is 2.30. The largest absolute Gasteiger partial charge is 0.573 e. The molecule has 90 valence electrons. The molecule has 0 heterocycles. The van der Waals surface area contributed by atoms with Crippen LogP contribution in [0.2, 0.25) is 0 Å². The van der Waals surface area contributed by atoms with Crippen LogP contribution in [0.5, 0.6) is 5.75 Å². The number of benzene rings is 1. The summed E-state index contributed by atoms with van der Waals surface area (Å²) in [5, 5.41) is 18.0. The van der Waals surface area contributed by atoms with Crippen LogP contribution in [0, 0.1) is 0 Å². The van der Waals surface area contributed by atoms with Gasteiger partial charge in [-0.25, -0.2) is 0 Å². The lowest BCUT2D eigenvalue weighted by Crippen LogP contribution is -2.17. The van der Waals surface area contributed by atoms with E-state index < -0.39 is 12.5 Å². The molecule has 0 saturated carbocycles. The van der Waals surface area contributed by atoms with Crippen LogP contribution in [-0.2, 0) is 0 Å². The van der Waals surface area contributed by atoms with E-state index in [0.717, 1.165) is 12.1 Å². The Bertz CT molecular complexity index is 321. The fraction of sp³-hybridized carbons (Fsp3) is 0.400. The molecule has 16 heavy (non-hydrogen) atoms. The lowest BCUT2D eigenvalue weighted by Gasteiger charge is -2.11. The van der Waals surface area contributed by atoms with Gasteiger partial charge in [0.1, 0.15) is 5.75 Å². The number of aliphatic hydroxyl groups excluding tert-OH is 2. The number of aliphatic hydroxyl groups is 2. The van der Waals surface area contributed by atoms with Crippen molar-refractivity contribution in [2.24, 2.45) is 0 Å². The summed E-state index contributed by atoms with van der Waals surface area (Å²) in [5.74, 6) is -0.340. The predicted molar refractivity (Wildman–Crippen MR) is 49.8 cm³/mol. The first-order valence-electron chi connectivity index (χ1n) is 4.57. The molecule has 0 aliphatic rings. The van der Waals surface area contributed by atoms with Crippen LogP contribution in [0.25, 0.3) is 0 Å². The fourth-order valence-corrected chi connectivity index (χ4v) is 1.18. The van der Waals surface area contributed by atoms with Gasteiger partial charge >= 0.3 is 6.36 Å². The molecule has 0 aliphatic heterocycles. The molecule has 0 aliphatic carbocycles. The molecule has 1 atom stereocenters. The van der Waals surface area contributed by atoms with E-state index in [1.54, 1.807) is 0 Å². The SMILES string of the molecule is OCCC(O)c1ccc(OC(F)(F)F)cc1. The van der Waals surface area contributed by atoms with Crippen LogP contribution in [0.1, 0.15) is 18.1 Å². The van der Waals surface area contributed by atoms with Gasteiger partial charge in [-0.3, -0.25) is 0 Å². The summed E-state index contributed by atoms with van der Waals surface area (Å²) in [4.78, 5) is 0. The lowest BCUT2D eigenvalue weighted by molar-refractivity contribution is -0.274. The zero-order valence-electron chi connectivity index (χ0n) is 8.24. The van der Waals surface area contributed by atoms with Gasteiger partial charge < -0.3 is 14.9 Å². The maximum atomic E-state index is 11.8. The highest BCUT2D eigenvalue weighted by molar-refractivity contribution is 5.28. The smallest absolute Gasteiger partial charge is 0.406 e. The third-order valence-corrected chi connectivity index (χ3v) is 1.90. The zero-order chi connectivity index (χ0) is 12.2. The summed E-state index contributed by atoms with van der Waals surface area (Å²) in [7, 11) is 0. The Morgan fingerprint density at radius 2 is 1.75 bits per heavy atom. The Balaban J connectivity index is 2.68. The average molecular weight is 236 g/mol. The molecule has 1 unspecified atom stereocenters. The van der Waals surface area contributed by atoms with Crippen molar-refractivity contribution in [3.63, 3.8) is 0 Å². The van der Waals surface area contributed by atoms with Gasteiger partial charge in [0.15, 0.2) is 0 Å². The molecule has 0 amide bonds. The van der Waals surface area contributed by atoms with Crippen molar-refractivity contribution in [1.29, 1.82) is 0 Å². The Hall–Kier alpha value is -1.27. The van der Waals surface area contributed by atoms with Crippen molar-refractivity contribution in [3.8, 4) is 5.75 Å². The normalized spacial score (nSPS) is 13.6. The van der Waals surface area contributed by atoms with Crippen LogP contribution >= 0.6 is 0 Å². The third kappa shape index (κ3) is 4.08. The second-order valence-electron chi connectivity index (χ2n) is 3.14. The Morgan fingerprint density at radius 1 is 1.19 bits per heavy atom. The van der Waals surface area contributed by atoms with E-state index in [4.69, 9.17) is 5.11 Å². The molecule has 2 N–H and O–H groups in total. The number of ether oxygens (including phenoxy) is 1. The van der Waals surface area contributed by atoms with Crippen LogP contribution in [0.3, 0.4) is 0 Å². The van der Waals surface area contributed by atoms with Crippen LogP contribution in [0.4, 0.5) is 13.2 Å². The predicted octanol–water partition coefficient (Wildman–Crippen LogP) is 2.00. The molecule has 1 aromatic carbocycles. The van der Waals surface area contributed by atoms with E-state index in [0.29, 0.717) is 5.56 Å². The molecule has 0 aromatic heterocycles. The van der Waals surface area contributed by atoms with E-state index >= 15 is 0 Å². The van der Waals surface area contributed by atoms with E-state index in [2.05, 4.69) is 4.74 Å². The molecule has 6 heteroatoms. The van der Waals surface area contributed by atoms with Gasteiger partial charge in [-0.2, -0.15) is 0 Å². The standard InChI is InChI=1S/C10H11F3O3/c11-10(12,13)16-8-3-1-7(2-4-8)9(15)5-6-14/h1-4,9,14-15H,5-6H2. The van der Waals surface area contributed by atoms with Crippen LogP contribution in [-0.4, -0.2) is 23.2 Å². The molecule has 0 radical (unpaired) electrons. The lowest BCUT2D eigenvalue weighted by atomic mass is 10.1. The average Bonchev–Trinajstić information content (AvgIpc) is 2.16. The van der Waals surface area contributed by atoms with Gasteiger partial charge in [0, 0.05) is 13.0 Å². The molecule has 3 nitrogen and oxygen atoms in total. The Morgan fingerprint density at radius 3 is 2.19 bits per heavy atom. The molecular weight excluding hydrogens is 225 g/mol. The summed E-state index contributed by atoms with van der Waals surface area (Å²) < 4.78 is 39.1. The number of rotatable bonds is 4. The molecule has 0 bridgehead atoms. The molecule has 0 fully saturated rings. The van der Waals surface area contributed by atoms with Crippen molar-refractivity contribution >= 4 is 0 Å². The van der Waals surface area contributed by atoms with Crippen molar-refractivity contribution in [1.82, 2.24) is 0 Å². The fourth-order valence-electron chi connectivity index (χ4n) is 1.18. The van der Waals surface area contributed by atoms with Crippen LogP contribution < -0.4 is 4.74 Å². The first-order valence-corrected chi connectivity index (χ1v) is 4.57. The van der Waals surface area contributed by atoms with E-state index in [-0.39, 0.29) is 18.8 Å². The quantitative estimate of drug-likeness (QED) is 0.840. The maximum Gasteiger partial charge on any atom is 0.573 e. The minimum absolute atomic E-state index is 0.138. The Kier molecular flexibility index (Phi) is 4.14. The minimum Gasteiger partial charge on any atom is -0.406 e. The first-order chi connectivity index (χ1) is 7.42. The summed E-state index contributed by atoms with van der Waals surface area (Å²) in [6, 6.07) is 4.87. The molecule has 0 spiro atoms. The summed E-state index contributed by atoms with van der Waals surface area (Å²) >= 11 is 0. The van der Waals surface area contributed by atoms with E-state index in [1.807, 2.05) is 0 Å². The van der Waals surface area contributed by atoms with Gasteiger partial charge in [0.2, 0.25) is 0 Å². The van der Waals surface area contributed by atoms with Gasteiger partial charge in [0.25, 0.3) is 0 Å². The summed E-state index contributed by atoms with van der Waals surface area (Å²) in [6.45, 7) is -0.192. The van der Waals surface area contributed by atoms with Gasteiger partial charge in [-0.1, -0.05) is 12.1 Å². The summed E-state index contributed by atoms with van der Waals surface area (Å²) in [6.07, 6.45) is -5.46. The highest BCUT2D eigenvalue weighted by atomic mass is 19.4. The molecule has 0 saturated heterocycles. The molecular formula is C10H11F3O3. The molecule has 1 rings (SSSR count). The van der Waals surface area contributed by atoms with E-state index in [9.17, 15) is 18.3 Å². The minimum atomic E-state index is -4.72. The topological polar surface area (TPSA) is 49.7 Å².